The van der Waals surface area contributed by atoms with Gasteiger partial charge in [-0.15, -0.1) is 11.6 Å². The Labute approximate surface area is 93.3 Å². The Balaban J connectivity index is 2.47. The van der Waals surface area contributed by atoms with Crippen LogP contribution >= 0.6 is 11.6 Å². The van der Waals surface area contributed by atoms with Crippen molar-refractivity contribution in [1.29, 1.82) is 0 Å². The number of aromatic nitrogens is 1. The fourth-order valence-electron chi connectivity index (χ4n) is 2.04. The first-order chi connectivity index (χ1) is 7.24. The number of aliphatic hydroxyl groups is 1. The second kappa shape index (κ2) is 4.37. The lowest BCUT2D eigenvalue weighted by Crippen LogP contribution is -2.31. The number of nitrogens with zero attached hydrogens (tertiary/aromatic N) is 1. The lowest BCUT2D eigenvalue weighted by atomic mass is 10.0. The van der Waals surface area contributed by atoms with Crippen LogP contribution in [0.4, 0.5) is 0 Å². The average Bonchev–Trinajstić information content (AvgIpc) is 2.23. The van der Waals surface area contributed by atoms with Gasteiger partial charge >= 0.3 is 0 Å². The summed E-state index contributed by atoms with van der Waals surface area (Å²) in [5.74, 6) is 0.455. The first kappa shape index (κ1) is 10.7. The molecule has 2 heterocycles. The summed E-state index contributed by atoms with van der Waals surface area (Å²) in [7, 11) is 0. The van der Waals surface area contributed by atoms with Crippen LogP contribution in [0.15, 0.2) is 16.9 Å². The molecule has 1 unspecified atom stereocenters. The monoisotopic (exact) mass is 227 g/mol. The molecular formula is C11H14ClNO2. The van der Waals surface area contributed by atoms with Crippen molar-refractivity contribution in [2.45, 2.75) is 31.9 Å². The number of aliphatic hydroxyl groups excluding tert-OH is 1. The zero-order valence-electron chi connectivity index (χ0n) is 8.45. The van der Waals surface area contributed by atoms with Crippen molar-refractivity contribution < 1.29 is 5.11 Å². The minimum Gasteiger partial charge on any atom is -0.387 e. The molecule has 4 heteroatoms. The molecule has 1 atom stereocenters. The van der Waals surface area contributed by atoms with Crippen LogP contribution in [0.1, 0.15) is 30.2 Å². The summed E-state index contributed by atoms with van der Waals surface area (Å²) < 4.78 is 1.68. The molecular weight excluding hydrogens is 214 g/mol. The van der Waals surface area contributed by atoms with E-state index in [1.807, 2.05) is 6.07 Å². The summed E-state index contributed by atoms with van der Waals surface area (Å²) in [6.07, 6.45) is 1.71. The van der Waals surface area contributed by atoms with Gasteiger partial charge in [0.15, 0.2) is 0 Å². The summed E-state index contributed by atoms with van der Waals surface area (Å²) >= 11 is 5.62. The van der Waals surface area contributed by atoms with E-state index in [-0.39, 0.29) is 5.56 Å². The Kier molecular flexibility index (Phi) is 3.12. The fourth-order valence-corrected chi connectivity index (χ4v) is 2.25. The van der Waals surface area contributed by atoms with Crippen molar-refractivity contribution in [3.05, 3.63) is 33.7 Å². The van der Waals surface area contributed by atoms with Crippen LogP contribution in [0.5, 0.6) is 0 Å². The zero-order valence-corrected chi connectivity index (χ0v) is 9.20. The van der Waals surface area contributed by atoms with Crippen molar-refractivity contribution in [2.24, 2.45) is 0 Å². The van der Waals surface area contributed by atoms with E-state index in [2.05, 4.69) is 0 Å². The van der Waals surface area contributed by atoms with Gasteiger partial charge in [-0.05, 0) is 25.3 Å². The minimum absolute atomic E-state index is 0.00639. The third kappa shape index (κ3) is 1.94. The maximum atomic E-state index is 11.9. The van der Waals surface area contributed by atoms with Gasteiger partial charge in [0, 0.05) is 23.7 Å². The van der Waals surface area contributed by atoms with Crippen LogP contribution in [-0.4, -0.2) is 15.6 Å². The number of alkyl halides is 1. The highest BCUT2D eigenvalue weighted by atomic mass is 35.5. The average molecular weight is 228 g/mol. The van der Waals surface area contributed by atoms with Gasteiger partial charge in [-0.3, -0.25) is 4.79 Å². The lowest BCUT2D eigenvalue weighted by Gasteiger charge is -2.23. The highest BCUT2D eigenvalue weighted by Crippen LogP contribution is 2.22. The Morgan fingerprint density at radius 1 is 1.53 bits per heavy atom. The predicted octanol–water partition coefficient (Wildman–Crippen LogP) is 1.46. The van der Waals surface area contributed by atoms with E-state index in [0.29, 0.717) is 18.8 Å². The molecule has 1 aliphatic rings. The Morgan fingerprint density at radius 3 is 3.07 bits per heavy atom. The fraction of sp³-hybridized carbons (Fsp3) is 0.545. The highest BCUT2D eigenvalue weighted by molar-refractivity contribution is 6.17. The first-order valence-electron chi connectivity index (χ1n) is 5.20. The number of pyridine rings is 1. The molecule has 1 aliphatic heterocycles. The Morgan fingerprint density at radius 2 is 2.33 bits per heavy atom. The number of fused-ring (bicyclic) bond motifs is 1. The Hall–Kier alpha value is -0.800. The van der Waals surface area contributed by atoms with E-state index < -0.39 is 6.10 Å². The molecule has 1 N–H and O–H groups in total. The molecule has 0 spiro atoms. The SMILES string of the molecule is O=c1c(CCCl)ccc2n1CCCC2O. The summed E-state index contributed by atoms with van der Waals surface area (Å²) in [5.41, 5.74) is 1.49. The van der Waals surface area contributed by atoms with Gasteiger partial charge in [0.1, 0.15) is 0 Å². The summed E-state index contributed by atoms with van der Waals surface area (Å²) in [4.78, 5) is 11.9. The van der Waals surface area contributed by atoms with Gasteiger partial charge in [0.05, 0.1) is 6.10 Å². The van der Waals surface area contributed by atoms with Gasteiger partial charge in [0.25, 0.3) is 5.56 Å². The van der Waals surface area contributed by atoms with E-state index in [1.165, 1.54) is 0 Å². The van der Waals surface area contributed by atoms with E-state index in [4.69, 9.17) is 11.6 Å². The molecule has 15 heavy (non-hydrogen) atoms. The number of aryl methyl sites for hydroxylation is 1. The number of rotatable bonds is 2. The standard InChI is InChI=1S/C11H14ClNO2/c12-6-5-8-3-4-9-10(14)2-1-7-13(9)11(8)15/h3-4,10,14H,1-2,5-7H2. The molecule has 3 nitrogen and oxygen atoms in total. The third-order valence-corrected chi connectivity index (χ3v) is 3.04. The highest BCUT2D eigenvalue weighted by Gasteiger charge is 2.19. The second-order valence-electron chi connectivity index (χ2n) is 3.84. The van der Waals surface area contributed by atoms with Gasteiger partial charge in [-0.2, -0.15) is 0 Å². The number of hydrogen-bond donors (Lipinski definition) is 1. The normalized spacial score (nSPS) is 20.0. The lowest BCUT2D eigenvalue weighted by molar-refractivity contribution is 0.136. The number of halogens is 1. The van der Waals surface area contributed by atoms with Gasteiger partial charge in [-0.1, -0.05) is 6.07 Å². The van der Waals surface area contributed by atoms with Crippen molar-refractivity contribution >= 4 is 11.6 Å². The van der Waals surface area contributed by atoms with Gasteiger partial charge in [0.2, 0.25) is 0 Å². The predicted molar refractivity (Wildman–Crippen MR) is 59.3 cm³/mol. The molecule has 0 fully saturated rings. The summed E-state index contributed by atoms with van der Waals surface area (Å²) in [5, 5.41) is 9.72. The molecule has 0 aliphatic carbocycles. The smallest absolute Gasteiger partial charge is 0.254 e. The van der Waals surface area contributed by atoms with Crippen molar-refractivity contribution in [2.75, 3.05) is 5.88 Å². The minimum atomic E-state index is -0.489. The van der Waals surface area contributed by atoms with Crippen LogP contribution in [0.3, 0.4) is 0 Å². The maximum absolute atomic E-state index is 11.9. The molecule has 0 saturated heterocycles. The third-order valence-electron chi connectivity index (χ3n) is 2.85. The molecule has 0 amide bonds. The molecule has 0 aromatic carbocycles. The Bertz CT molecular complexity index is 414. The molecule has 0 radical (unpaired) electrons. The first-order valence-corrected chi connectivity index (χ1v) is 5.74. The molecule has 1 aromatic heterocycles. The van der Waals surface area contributed by atoms with Gasteiger partial charge < -0.3 is 9.67 Å². The second-order valence-corrected chi connectivity index (χ2v) is 4.22. The molecule has 2 rings (SSSR count). The van der Waals surface area contributed by atoms with Crippen LogP contribution in [0, 0.1) is 0 Å². The van der Waals surface area contributed by atoms with Crippen molar-refractivity contribution in [3.63, 3.8) is 0 Å². The largest absolute Gasteiger partial charge is 0.387 e. The van der Waals surface area contributed by atoms with Crippen molar-refractivity contribution in [1.82, 2.24) is 4.57 Å². The van der Waals surface area contributed by atoms with Crippen molar-refractivity contribution in [3.8, 4) is 0 Å². The molecule has 0 bridgehead atoms. The van der Waals surface area contributed by atoms with E-state index >= 15 is 0 Å². The summed E-state index contributed by atoms with van der Waals surface area (Å²) in [6.45, 7) is 0.710. The topological polar surface area (TPSA) is 42.2 Å². The van der Waals surface area contributed by atoms with E-state index in [9.17, 15) is 9.90 Å². The molecule has 0 saturated carbocycles. The quantitative estimate of drug-likeness (QED) is 0.778. The molecule has 1 aromatic rings. The van der Waals surface area contributed by atoms with Gasteiger partial charge in [-0.25, -0.2) is 0 Å². The van der Waals surface area contributed by atoms with Crippen LogP contribution in [-0.2, 0) is 13.0 Å². The van der Waals surface area contributed by atoms with Crippen LogP contribution in [0.2, 0.25) is 0 Å². The van der Waals surface area contributed by atoms with Crippen LogP contribution in [0.25, 0.3) is 0 Å². The van der Waals surface area contributed by atoms with Crippen LogP contribution < -0.4 is 5.56 Å². The van der Waals surface area contributed by atoms with E-state index in [1.54, 1.807) is 10.6 Å². The maximum Gasteiger partial charge on any atom is 0.254 e. The molecule has 82 valence electrons. The summed E-state index contributed by atoms with van der Waals surface area (Å²) in [6, 6.07) is 3.62. The van der Waals surface area contributed by atoms with E-state index in [0.717, 1.165) is 24.1 Å². The zero-order chi connectivity index (χ0) is 10.8. The number of hydrogen-bond acceptors (Lipinski definition) is 2.